The van der Waals surface area contributed by atoms with E-state index in [1.54, 1.807) is 11.2 Å². The predicted molar refractivity (Wildman–Crippen MR) is 97.8 cm³/mol. The van der Waals surface area contributed by atoms with Crippen LogP contribution >= 0.6 is 15.9 Å². The number of hydrazone groups is 1. The maximum Gasteiger partial charge on any atom is 0.208 e. The topological polar surface area (TPSA) is 42.4 Å². The van der Waals surface area contributed by atoms with Crippen molar-refractivity contribution in [1.29, 1.82) is 0 Å². The number of benzene rings is 1. The fourth-order valence-corrected chi connectivity index (χ4v) is 4.62. The van der Waals surface area contributed by atoms with E-state index in [1.165, 1.54) is 5.56 Å². The van der Waals surface area contributed by atoms with Gasteiger partial charge in [-0.15, -0.1) is 0 Å². The van der Waals surface area contributed by atoms with Gasteiger partial charge in [0, 0.05) is 16.5 Å². The van der Waals surface area contributed by atoms with Crippen molar-refractivity contribution in [3.63, 3.8) is 0 Å². The Morgan fingerprint density at radius 3 is 2.88 bits per heavy atom. The van der Waals surface area contributed by atoms with E-state index in [0.29, 0.717) is 0 Å². The van der Waals surface area contributed by atoms with Gasteiger partial charge >= 0.3 is 0 Å². The number of furan rings is 1. The first-order valence-electron chi connectivity index (χ1n) is 8.85. The standard InChI is InChI=1S/C19H20BrN3O2/c1-22-8-6-19(7-9-22)23-16(12-15(21-23)18-3-2-10-24-18)14-11-13(20)4-5-17(14)25-19/h2-5,10-11,16H,6-9,12H2,1H3/p+1/t16-/m1/s1. The average molecular weight is 403 g/mol. The lowest BCUT2D eigenvalue weighted by Gasteiger charge is -2.49. The van der Waals surface area contributed by atoms with E-state index >= 15 is 0 Å². The SMILES string of the molecule is C[NH+]1CCC2(CC1)Oc1ccc(Br)cc1[C@H]1CC(c3ccco3)=NN12. The number of halogens is 1. The Hall–Kier alpha value is -1.79. The number of rotatable bonds is 1. The summed E-state index contributed by atoms with van der Waals surface area (Å²) in [5.41, 5.74) is 1.88. The van der Waals surface area contributed by atoms with Gasteiger partial charge < -0.3 is 14.1 Å². The Bertz CT molecular complexity index is 825. The first-order valence-corrected chi connectivity index (χ1v) is 9.64. The average Bonchev–Trinajstić information content (AvgIpc) is 3.28. The van der Waals surface area contributed by atoms with Gasteiger partial charge in [-0.05, 0) is 30.3 Å². The number of hydrogen-bond donors (Lipinski definition) is 1. The second-order valence-electron chi connectivity index (χ2n) is 7.28. The van der Waals surface area contributed by atoms with Crippen molar-refractivity contribution in [3.8, 4) is 5.75 Å². The molecule has 5 rings (SSSR count). The summed E-state index contributed by atoms with van der Waals surface area (Å²) in [5, 5.41) is 7.22. The normalized spacial score (nSPS) is 30.6. The van der Waals surface area contributed by atoms with Crippen LogP contribution in [0.25, 0.3) is 0 Å². The lowest BCUT2D eigenvalue weighted by atomic mass is 9.91. The molecule has 0 radical (unpaired) electrons. The molecule has 3 aliphatic heterocycles. The van der Waals surface area contributed by atoms with Gasteiger partial charge in [0.15, 0.2) is 0 Å². The van der Waals surface area contributed by atoms with Gasteiger partial charge in [0.2, 0.25) is 5.72 Å². The van der Waals surface area contributed by atoms with Crippen LogP contribution in [0.3, 0.4) is 0 Å². The molecule has 1 aromatic heterocycles. The summed E-state index contributed by atoms with van der Waals surface area (Å²) < 4.78 is 13.3. The second kappa shape index (κ2) is 5.61. The van der Waals surface area contributed by atoms with E-state index in [4.69, 9.17) is 14.3 Å². The Labute approximate surface area is 155 Å². The van der Waals surface area contributed by atoms with Gasteiger partial charge in [0.25, 0.3) is 0 Å². The largest absolute Gasteiger partial charge is 0.466 e. The number of nitrogens with zero attached hydrogens (tertiary/aromatic N) is 2. The zero-order valence-corrected chi connectivity index (χ0v) is 15.8. The Kier molecular flexibility index (Phi) is 3.47. The van der Waals surface area contributed by atoms with Crippen molar-refractivity contribution in [2.75, 3.05) is 20.1 Å². The highest BCUT2D eigenvalue weighted by molar-refractivity contribution is 9.10. The van der Waals surface area contributed by atoms with Crippen molar-refractivity contribution in [3.05, 3.63) is 52.4 Å². The van der Waals surface area contributed by atoms with Crippen molar-refractivity contribution in [1.82, 2.24) is 5.01 Å². The number of nitrogens with one attached hydrogen (secondary N) is 1. The summed E-state index contributed by atoms with van der Waals surface area (Å²) in [7, 11) is 2.25. The summed E-state index contributed by atoms with van der Waals surface area (Å²) in [6, 6.07) is 10.4. The Balaban J connectivity index is 1.60. The Morgan fingerprint density at radius 2 is 2.12 bits per heavy atom. The van der Waals surface area contributed by atoms with Gasteiger partial charge in [0.1, 0.15) is 17.2 Å². The molecule has 130 valence electrons. The molecule has 1 spiro atoms. The van der Waals surface area contributed by atoms with Gasteiger partial charge in [-0.2, -0.15) is 5.10 Å². The molecule has 2 aromatic rings. The van der Waals surface area contributed by atoms with Gasteiger partial charge in [0.05, 0.1) is 45.3 Å². The zero-order chi connectivity index (χ0) is 17.0. The number of fused-ring (bicyclic) bond motifs is 4. The molecular weight excluding hydrogens is 382 g/mol. The molecule has 5 nitrogen and oxygen atoms in total. The van der Waals surface area contributed by atoms with Gasteiger partial charge in [-0.25, -0.2) is 5.01 Å². The minimum atomic E-state index is -0.334. The van der Waals surface area contributed by atoms with Gasteiger partial charge in [-0.1, -0.05) is 15.9 Å². The molecule has 6 heteroatoms. The maximum atomic E-state index is 6.60. The molecule has 0 aliphatic carbocycles. The van der Waals surface area contributed by atoms with Crippen LogP contribution in [-0.2, 0) is 0 Å². The second-order valence-corrected chi connectivity index (χ2v) is 8.19. The first-order chi connectivity index (χ1) is 12.1. The van der Waals surface area contributed by atoms with E-state index in [2.05, 4.69) is 46.2 Å². The van der Waals surface area contributed by atoms with Crippen molar-refractivity contribution >= 4 is 21.6 Å². The number of ether oxygens (including phenoxy) is 1. The molecule has 25 heavy (non-hydrogen) atoms. The van der Waals surface area contributed by atoms with E-state index in [-0.39, 0.29) is 11.8 Å². The molecule has 0 unspecified atom stereocenters. The summed E-state index contributed by atoms with van der Waals surface area (Å²) in [5.74, 6) is 1.86. The van der Waals surface area contributed by atoms with Crippen LogP contribution in [0.5, 0.6) is 5.75 Å². The third-order valence-electron chi connectivity index (χ3n) is 5.65. The van der Waals surface area contributed by atoms with E-state index in [0.717, 1.165) is 54.0 Å². The smallest absolute Gasteiger partial charge is 0.208 e. The van der Waals surface area contributed by atoms with Gasteiger partial charge in [-0.3, -0.25) is 0 Å². The molecule has 1 saturated heterocycles. The third-order valence-corrected chi connectivity index (χ3v) is 6.14. The highest BCUT2D eigenvalue weighted by Crippen LogP contribution is 2.49. The molecule has 4 heterocycles. The maximum absolute atomic E-state index is 6.60. The lowest BCUT2D eigenvalue weighted by molar-refractivity contribution is -0.888. The van der Waals surface area contributed by atoms with Crippen molar-refractivity contribution in [2.45, 2.75) is 31.0 Å². The number of piperidine rings is 1. The molecular formula is C19H21BrN3O2+. The first kappa shape index (κ1) is 15.5. The van der Waals surface area contributed by atoms with E-state index in [1.807, 2.05) is 12.1 Å². The molecule has 1 atom stereocenters. The van der Waals surface area contributed by atoms with Crippen LogP contribution in [-0.4, -0.2) is 36.6 Å². The lowest BCUT2D eigenvalue weighted by Crippen LogP contribution is -3.11. The molecule has 1 N–H and O–H groups in total. The quantitative estimate of drug-likeness (QED) is 0.796. The van der Waals surface area contributed by atoms with Crippen LogP contribution in [0.1, 0.15) is 36.6 Å². The van der Waals surface area contributed by atoms with E-state index in [9.17, 15) is 0 Å². The summed E-state index contributed by atoms with van der Waals surface area (Å²) >= 11 is 3.60. The summed E-state index contributed by atoms with van der Waals surface area (Å²) in [4.78, 5) is 1.56. The molecule has 0 saturated carbocycles. The predicted octanol–water partition coefficient (Wildman–Crippen LogP) is 2.59. The Morgan fingerprint density at radius 1 is 1.28 bits per heavy atom. The molecule has 0 bridgehead atoms. The minimum Gasteiger partial charge on any atom is -0.466 e. The zero-order valence-electron chi connectivity index (χ0n) is 14.2. The van der Waals surface area contributed by atoms with Crippen LogP contribution in [0.15, 0.2) is 50.6 Å². The van der Waals surface area contributed by atoms with E-state index < -0.39 is 0 Å². The van der Waals surface area contributed by atoms with Crippen molar-refractivity contribution in [2.24, 2.45) is 5.10 Å². The molecule has 0 amide bonds. The fourth-order valence-electron chi connectivity index (χ4n) is 4.24. The molecule has 1 aromatic carbocycles. The van der Waals surface area contributed by atoms with Crippen LogP contribution in [0, 0.1) is 0 Å². The third kappa shape index (κ3) is 2.42. The van der Waals surface area contributed by atoms with Crippen LogP contribution in [0.2, 0.25) is 0 Å². The highest BCUT2D eigenvalue weighted by Gasteiger charge is 2.52. The monoisotopic (exact) mass is 402 g/mol. The van der Waals surface area contributed by atoms with Crippen LogP contribution in [0.4, 0.5) is 0 Å². The number of likely N-dealkylation sites (tertiary alicyclic amines) is 1. The summed E-state index contributed by atoms with van der Waals surface area (Å²) in [6.07, 6.45) is 4.54. The number of quaternary nitrogens is 1. The fraction of sp³-hybridized carbons (Fsp3) is 0.421. The highest BCUT2D eigenvalue weighted by atomic mass is 79.9. The number of hydrogen-bond acceptors (Lipinski definition) is 4. The van der Waals surface area contributed by atoms with Crippen LogP contribution < -0.4 is 9.64 Å². The summed E-state index contributed by atoms with van der Waals surface area (Å²) in [6.45, 7) is 2.20. The van der Waals surface area contributed by atoms with Crippen molar-refractivity contribution < 1.29 is 14.1 Å². The molecule has 3 aliphatic rings. The minimum absolute atomic E-state index is 0.208. The molecule has 1 fully saturated rings.